The Morgan fingerprint density at radius 3 is 2.68 bits per heavy atom. The van der Waals surface area contributed by atoms with E-state index in [9.17, 15) is 0 Å². The Morgan fingerprint density at radius 2 is 2.04 bits per heavy atom. The van der Waals surface area contributed by atoms with E-state index in [1.54, 1.807) is 0 Å². The van der Waals surface area contributed by atoms with Crippen molar-refractivity contribution < 1.29 is 4.74 Å². The highest BCUT2D eigenvalue weighted by atomic mass is 127. The minimum Gasteiger partial charge on any atom is -0.490 e. The zero-order valence-corrected chi connectivity index (χ0v) is 19.4. The molecule has 0 saturated heterocycles. The van der Waals surface area contributed by atoms with Crippen molar-refractivity contribution in [3.63, 3.8) is 0 Å². The van der Waals surface area contributed by atoms with Crippen LogP contribution in [-0.4, -0.2) is 37.7 Å². The number of nitrogens with zero attached hydrogens (tertiary/aromatic N) is 1. The van der Waals surface area contributed by atoms with Gasteiger partial charge in [0.15, 0.2) is 5.96 Å². The molecule has 0 aliphatic rings. The van der Waals surface area contributed by atoms with E-state index in [1.807, 2.05) is 18.8 Å². The third-order valence-corrected chi connectivity index (χ3v) is 4.56. The Labute approximate surface area is 175 Å². The molecule has 0 bridgehead atoms. The first-order valence-corrected chi connectivity index (χ1v) is 10.2. The maximum absolute atomic E-state index is 6.06. The Morgan fingerprint density at radius 1 is 1.28 bits per heavy atom. The zero-order chi connectivity index (χ0) is 17.8. The van der Waals surface area contributed by atoms with E-state index >= 15 is 0 Å². The number of benzene rings is 1. The molecule has 1 aromatic rings. The third kappa shape index (κ3) is 10.2. The molecule has 0 heterocycles. The fourth-order valence-corrected chi connectivity index (χ4v) is 2.69. The molecular weight excluding hydrogens is 445 g/mol. The summed E-state index contributed by atoms with van der Waals surface area (Å²) in [6.07, 6.45) is 5.76. The van der Waals surface area contributed by atoms with Gasteiger partial charge in [0.2, 0.25) is 0 Å². The van der Waals surface area contributed by atoms with Crippen molar-refractivity contribution in [1.82, 2.24) is 10.6 Å². The average molecular weight is 479 g/mol. The maximum atomic E-state index is 6.06. The molecule has 4 nitrogen and oxygen atoms in total. The van der Waals surface area contributed by atoms with Crippen LogP contribution in [0.4, 0.5) is 0 Å². The average Bonchev–Trinajstić information content (AvgIpc) is 2.58. The van der Waals surface area contributed by atoms with Crippen molar-refractivity contribution in [2.24, 2.45) is 4.99 Å². The van der Waals surface area contributed by atoms with Crippen LogP contribution in [0.1, 0.15) is 44.2 Å². The van der Waals surface area contributed by atoms with Crippen molar-refractivity contribution in [3.8, 4) is 5.75 Å². The van der Waals surface area contributed by atoms with Gasteiger partial charge in [-0.3, -0.25) is 4.99 Å². The van der Waals surface area contributed by atoms with Crippen molar-refractivity contribution in [2.45, 2.75) is 52.7 Å². The second-order valence-electron chi connectivity index (χ2n) is 6.00. The lowest BCUT2D eigenvalue weighted by Crippen LogP contribution is -2.37. The topological polar surface area (TPSA) is 45.6 Å². The van der Waals surface area contributed by atoms with Crippen molar-refractivity contribution >= 4 is 41.7 Å². The van der Waals surface area contributed by atoms with E-state index in [1.165, 1.54) is 17.7 Å². The van der Waals surface area contributed by atoms with Crippen molar-refractivity contribution in [1.29, 1.82) is 0 Å². The number of thioether (sulfide) groups is 1. The highest BCUT2D eigenvalue weighted by Gasteiger charge is 2.08. The van der Waals surface area contributed by atoms with Gasteiger partial charge in [0.05, 0.1) is 6.10 Å². The molecule has 0 aliphatic heterocycles. The standard InChI is InChI=1S/C19H33N3OS.HI/c1-6-16(3)23-18-13-15(2)9-10-17(18)14-22-19(20-4)21-11-7-8-12-24-5;/h9-10,13,16H,6-8,11-12,14H2,1-5H3,(H2,20,21,22);1H. The molecule has 6 heteroatoms. The first-order chi connectivity index (χ1) is 11.6. The Bertz CT molecular complexity index is 511. The summed E-state index contributed by atoms with van der Waals surface area (Å²) in [7, 11) is 1.81. The number of nitrogens with one attached hydrogen (secondary N) is 2. The number of guanidine groups is 1. The Hall–Kier alpha value is -0.630. The number of hydrogen-bond acceptors (Lipinski definition) is 3. The monoisotopic (exact) mass is 479 g/mol. The highest BCUT2D eigenvalue weighted by Crippen LogP contribution is 2.22. The molecule has 0 saturated carbocycles. The van der Waals surface area contributed by atoms with Crippen molar-refractivity contribution in [2.75, 3.05) is 25.6 Å². The smallest absolute Gasteiger partial charge is 0.191 e. The van der Waals surface area contributed by atoms with Gasteiger partial charge in [-0.1, -0.05) is 19.1 Å². The summed E-state index contributed by atoms with van der Waals surface area (Å²) in [5, 5.41) is 6.75. The summed E-state index contributed by atoms with van der Waals surface area (Å²) in [6.45, 7) is 7.99. The molecule has 0 radical (unpaired) electrons. The van der Waals surface area contributed by atoms with Gasteiger partial charge in [-0.15, -0.1) is 24.0 Å². The van der Waals surface area contributed by atoms with E-state index in [4.69, 9.17) is 4.74 Å². The third-order valence-electron chi connectivity index (χ3n) is 3.86. The number of rotatable bonds is 10. The van der Waals surface area contributed by atoms with E-state index in [2.05, 4.69) is 60.9 Å². The molecule has 1 atom stereocenters. The lowest BCUT2D eigenvalue weighted by molar-refractivity contribution is 0.215. The van der Waals surface area contributed by atoms with E-state index < -0.39 is 0 Å². The molecule has 0 fully saturated rings. The van der Waals surface area contributed by atoms with Gasteiger partial charge in [-0.25, -0.2) is 0 Å². The second kappa shape index (κ2) is 14.5. The van der Waals surface area contributed by atoms with Gasteiger partial charge in [-0.05, 0) is 56.7 Å². The van der Waals surface area contributed by atoms with Crippen LogP contribution in [0, 0.1) is 6.92 Å². The highest BCUT2D eigenvalue weighted by molar-refractivity contribution is 14.0. The fourth-order valence-electron chi connectivity index (χ4n) is 2.20. The summed E-state index contributed by atoms with van der Waals surface area (Å²) in [4.78, 5) is 4.29. The van der Waals surface area contributed by atoms with Crippen LogP contribution in [-0.2, 0) is 6.54 Å². The number of unbranched alkanes of at least 4 members (excludes halogenated alkanes) is 1. The number of ether oxygens (including phenoxy) is 1. The molecule has 1 unspecified atom stereocenters. The van der Waals surface area contributed by atoms with Gasteiger partial charge in [-0.2, -0.15) is 11.8 Å². The predicted molar refractivity (Wildman–Crippen MR) is 123 cm³/mol. The molecule has 0 aliphatic carbocycles. The van der Waals surface area contributed by atoms with Crippen LogP contribution in [0.5, 0.6) is 5.75 Å². The van der Waals surface area contributed by atoms with Crippen LogP contribution in [0.2, 0.25) is 0 Å². The van der Waals surface area contributed by atoms with Gasteiger partial charge >= 0.3 is 0 Å². The maximum Gasteiger partial charge on any atom is 0.191 e. The van der Waals surface area contributed by atoms with E-state index in [0.717, 1.165) is 36.7 Å². The molecule has 25 heavy (non-hydrogen) atoms. The molecule has 0 spiro atoms. The second-order valence-corrected chi connectivity index (χ2v) is 6.99. The quantitative estimate of drug-likeness (QED) is 0.223. The van der Waals surface area contributed by atoms with Gasteiger partial charge in [0.1, 0.15) is 5.75 Å². The number of hydrogen-bond donors (Lipinski definition) is 2. The van der Waals surface area contributed by atoms with Gasteiger partial charge in [0.25, 0.3) is 0 Å². The first-order valence-electron chi connectivity index (χ1n) is 8.80. The molecule has 144 valence electrons. The molecule has 1 aromatic carbocycles. The van der Waals surface area contributed by atoms with Gasteiger partial charge in [0, 0.05) is 25.7 Å². The van der Waals surface area contributed by atoms with E-state index in [0.29, 0.717) is 6.54 Å². The lowest BCUT2D eigenvalue weighted by atomic mass is 10.1. The lowest BCUT2D eigenvalue weighted by Gasteiger charge is -2.18. The summed E-state index contributed by atoms with van der Waals surface area (Å²) >= 11 is 1.90. The van der Waals surface area contributed by atoms with Gasteiger partial charge < -0.3 is 15.4 Å². The van der Waals surface area contributed by atoms with Crippen molar-refractivity contribution in [3.05, 3.63) is 29.3 Å². The molecule has 0 aromatic heterocycles. The summed E-state index contributed by atoms with van der Waals surface area (Å²) in [6, 6.07) is 6.37. The van der Waals surface area contributed by atoms with E-state index in [-0.39, 0.29) is 30.1 Å². The van der Waals surface area contributed by atoms with Crippen LogP contribution < -0.4 is 15.4 Å². The number of aryl methyl sites for hydroxylation is 1. The number of halogens is 1. The fraction of sp³-hybridized carbons (Fsp3) is 0.632. The summed E-state index contributed by atoms with van der Waals surface area (Å²) < 4.78 is 6.06. The Kier molecular flexibility index (Phi) is 14.2. The summed E-state index contributed by atoms with van der Waals surface area (Å²) in [5.74, 6) is 3.02. The Balaban J connectivity index is 0.00000576. The van der Waals surface area contributed by atoms with Crippen LogP contribution in [0.3, 0.4) is 0 Å². The summed E-state index contributed by atoms with van der Waals surface area (Å²) in [5.41, 5.74) is 2.37. The largest absolute Gasteiger partial charge is 0.490 e. The minimum absolute atomic E-state index is 0. The normalized spacial score (nSPS) is 12.3. The molecule has 2 N–H and O–H groups in total. The SMILES string of the molecule is CCC(C)Oc1cc(C)ccc1CNC(=NC)NCCCCSC.I. The molecule has 0 amide bonds. The molecule has 1 rings (SSSR count). The zero-order valence-electron chi connectivity index (χ0n) is 16.2. The van der Waals surface area contributed by atoms with Crippen LogP contribution in [0.25, 0.3) is 0 Å². The number of aliphatic imine (C=N–C) groups is 1. The first kappa shape index (κ1) is 24.4. The minimum atomic E-state index is 0. The van der Waals surface area contributed by atoms with Crippen LogP contribution in [0.15, 0.2) is 23.2 Å². The molecular formula is C19H34IN3OS. The van der Waals surface area contributed by atoms with Crippen LogP contribution >= 0.6 is 35.7 Å². The predicted octanol–water partition coefficient (Wildman–Crippen LogP) is 4.60.